The van der Waals surface area contributed by atoms with Crippen molar-refractivity contribution < 1.29 is 9.90 Å². The SMILES string of the molecule is CCC(C)C(C)(O)CNC(=O)c1ccc(Cn2ccnc2)cc1. The molecule has 5 heteroatoms. The number of nitrogens with one attached hydrogen (secondary N) is 1. The third-order valence-corrected chi connectivity index (χ3v) is 4.42. The van der Waals surface area contributed by atoms with Crippen molar-refractivity contribution in [1.29, 1.82) is 0 Å². The molecule has 5 nitrogen and oxygen atoms in total. The van der Waals surface area contributed by atoms with Crippen molar-refractivity contribution in [3.8, 4) is 0 Å². The number of benzene rings is 1. The molecule has 0 aliphatic carbocycles. The van der Waals surface area contributed by atoms with E-state index in [1.165, 1.54) is 0 Å². The molecule has 2 N–H and O–H groups in total. The number of carbonyl (C=O) groups is 1. The number of rotatable bonds is 7. The quantitative estimate of drug-likeness (QED) is 0.825. The Balaban J connectivity index is 1.92. The molecule has 1 aromatic heterocycles. The smallest absolute Gasteiger partial charge is 0.251 e. The first-order valence-electron chi connectivity index (χ1n) is 7.97. The second-order valence-electron chi connectivity index (χ2n) is 6.28. The maximum Gasteiger partial charge on any atom is 0.251 e. The van der Waals surface area contributed by atoms with Crippen LogP contribution in [0, 0.1) is 5.92 Å². The Morgan fingerprint density at radius 1 is 1.39 bits per heavy atom. The lowest BCUT2D eigenvalue weighted by atomic mass is 9.88. The second kappa shape index (κ2) is 7.42. The van der Waals surface area contributed by atoms with E-state index in [9.17, 15) is 9.90 Å². The van der Waals surface area contributed by atoms with Crippen LogP contribution in [0.2, 0.25) is 0 Å². The molecule has 124 valence electrons. The van der Waals surface area contributed by atoms with Gasteiger partial charge in [0, 0.05) is 31.0 Å². The normalized spacial score (nSPS) is 15.0. The highest BCUT2D eigenvalue weighted by atomic mass is 16.3. The summed E-state index contributed by atoms with van der Waals surface area (Å²) in [5.41, 5.74) is 0.802. The molecule has 0 aliphatic rings. The highest BCUT2D eigenvalue weighted by Gasteiger charge is 2.27. The van der Waals surface area contributed by atoms with E-state index in [0.29, 0.717) is 5.56 Å². The van der Waals surface area contributed by atoms with Crippen molar-refractivity contribution in [2.24, 2.45) is 5.92 Å². The lowest BCUT2D eigenvalue weighted by Crippen LogP contribution is -2.45. The number of amides is 1. The fourth-order valence-electron chi connectivity index (χ4n) is 2.33. The zero-order valence-corrected chi connectivity index (χ0v) is 14.0. The molecule has 23 heavy (non-hydrogen) atoms. The van der Waals surface area contributed by atoms with Crippen LogP contribution in [-0.4, -0.2) is 32.7 Å². The van der Waals surface area contributed by atoms with E-state index in [1.807, 2.05) is 36.7 Å². The molecule has 0 saturated carbocycles. The van der Waals surface area contributed by atoms with Crippen LogP contribution in [0.3, 0.4) is 0 Å². The standard InChI is InChI=1S/C18H25N3O2/c1-4-14(2)18(3,23)12-20-17(22)16-7-5-15(6-8-16)11-21-10-9-19-13-21/h5-10,13-14,23H,4,11-12H2,1-3H3,(H,20,22). The summed E-state index contributed by atoms with van der Waals surface area (Å²) in [7, 11) is 0. The maximum absolute atomic E-state index is 12.2. The fourth-order valence-corrected chi connectivity index (χ4v) is 2.33. The van der Waals surface area contributed by atoms with E-state index in [-0.39, 0.29) is 18.4 Å². The minimum atomic E-state index is -0.897. The topological polar surface area (TPSA) is 67.2 Å². The number of nitrogens with zero attached hydrogens (tertiary/aromatic N) is 2. The van der Waals surface area contributed by atoms with Crippen LogP contribution in [0.5, 0.6) is 0 Å². The van der Waals surface area contributed by atoms with Crippen molar-refractivity contribution in [3.05, 3.63) is 54.1 Å². The monoisotopic (exact) mass is 315 g/mol. The van der Waals surface area contributed by atoms with Crippen molar-refractivity contribution in [2.45, 2.75) is 39.3 Å². The molecule has 0 fully saturated rings. The van der Waals surface area contributed by atoms with Gasteiger partial charge in [0.1, 0.15) is 0 Å². The number of imidazole rings is 1. The van der Waals surface area contributed by atoms with Gasteiger partial charge >= 0.3 is 0 Å². The minimum Gasteiger partial charge on any atom is -0.388 e. The molecule has 1 heterocycles. The van der Waals surface area contributed by atoms with Gasteiger partial charge in [-0.1, -0.05) is 32.4 Å². The molecular weight excluding hydrogens is 290 g/mol. The Bertz CT molecular complexity index is 618. The third kappa shape index (κ3) is 4.66. The summed E-state index contributed by atoms with van der Waals surface area (Å²) >= 11 is 0. The first-order valence-corrected chi connectivity index (χ1v) is 7.97. The third-order valence-electron chi connectivity index (χ3n) is 4.42. The van der Waals surface area contributed by atoms with E-state index in [1.54, 1.807) is 31.6 Å². The highest BCUT2D eigenvalue weighted by Crippen LogP contribution is 2.19. The number of hydrogen-bond acceptors (Lipinski definition) is 3. The molecule has 2 atom stereocenters. The van der Waals surface area contributed by atoms with Crippen LogP contribution in [0.4, 0.5) is 0 Å². The molecule has 1 aromatic carbocycles. The second-order valence-corrected chi connectivity index (χ2v) is 6.28. The maximum atomic E-state index is 12.2. The van der Waals surface area contributed by atoms with Crippen molar-refractivity contribution in [1.82, 2.24) is 14.9 Å². The fraction of sp³-hybridized carbons (Fsp3) is 0.444. The van der Waals surface area contributed by atoms with E-state index < -0.39 is 5.60 Å². The van der Waals surface area contributed by atoms with Crippen LogP contribution in [0.1, 0.15) is 43.1 Å². The lowest BCUT2D eigenvalue weighted by Gasteiger charge is -2.29. The lowest BCUT2D eigenvalue weighted by molar-refractivity contribution is 0.00592. The minimum absolute atomic E-state index is 0.125. The van der Waals surface area contributed by atoms with Gasteiger partial charge in [-0.3, -0.25) is 4.79 Å². The van der Waals surface area contributed by atoms with Crippen LogP contribution in [0.25, 0.3) is 0 Å². The summed E-state index contributed by atoms with van der Waals surface area (Å²) in [6, 6.07) is 7.47. The van der Waals surface area contributed by atoms with Crippen molar-refractivity contribution in [2.75, 3.05) is 6.54 Å². The highest BCUT2D eigenvalue weighted by molar-refractivity contribution is 5.94. The van der Waals surface area contributed by atoms with Gasteiger partial charge in [-0.15, -0.1) is 0 Å². The summed E-state index contributed by atoms with van der Waals surface area (Å²) in [4.78, 5) is 16.2. The Morgan fingerprint density at radius 2 is 2.09 bits per heavy atom. The van der Waals surface area contributed by atoms with E-state index in [4.69, 9.17) is 0 Å². The average molecular weight is 315 g/mol. The van der Waals surface area contributed by atoms with Gasteiger partial charge in [0.15, 0.2) is 0 Å². The molecule has 0 bridgehead atoms. The van der Waals surface area contributed by atoms with Gasteiger partial charge in [-0.25, -0.2) is 4.98 Å². The summed E-state index contributed by atoms with van der Waals surface area (Å²) in [6.45, 7) is 6.74. The number of aromatic nitrogens is 2. The van der Waals surface area contributed by atoms with Crippen LogP contribution in [-0.2, 0) is 6.54 Å². The molecule has 0 spiro atoms. The van der Waals surface area contributed by atoms with Gasteiger partial charge in [-0.2, -0.15) is 0 Å². The van der Waals surface area contributed by atoms with E-state index >= 15 is 0 Å². The van der Waals surface area contributed by atoms with Gasteiger partial charge in [0.2, 0.25) is 0 Å². The Kier molecular flexibility index (Phi) is 5.55. The predicted molar refractivity (Wildman–Crippen MR) is 90.2 cm³/mol. The van der Waals surface area contributed by atoms with Crippen molar-refractivity contribution in [3.63, 3.8) is 0 Å². The van der Waals surface area contributed by atoms with Crippen LogP contribution in [0.15, 0.2) is 43.0 Å². The molecular formula is C18H25N3O2. The van der Waals surface area contributed by atoms with Crippen molar-refractivity contribution >= 4 is 5.91 Å². The summed E-state index contributed by atoms with van der Waals surface area (Å²) in [5.74, 6) is -0.0388. The first-order chi connectivity index (χ1) is 10.9. The largest absolute Gasteiger partial charge is 0.388 e. The molecule has 0 saturated heterocycles. The van der Waals surface area contributed by atoms with E-state index in [0.717, 1.165) is 18.5 Å². The van der Waals surface area contributed by atoms with Gasteiger partial charge in [0.05, 0.1) is 11.9 Å². The molecule has 1 amide bonds. The summed E-state index contributed by atoms with van der Waals surface area (Å²) < 4.78 is 1.97. The Labute approximate surface area is 137 Å². The molecule has 0 aliphatic heterocycles. The first kappa shape index (κ1) is 17.2. The Morgan fingerprint density at radius 3 is 2.65 bits per heavy atom. The number of hydrogen-bond donors (Lipinski definition) is 2. The zero-order valence-electron chi connectivity index (χ0n) is 14.0. The summed E-state index contributed by atoms with van der Waals surface area (Å²) in [5, 5.41) is 13.2. The van der Waals surface area contributed by atoms with Gasteiger partial charge < -0.3 is 15.0 Å². The average Bonchev–Trinajstić information content (AvgIpc) is 3.05. The zero-order chi connectivity index (χ0) is 16.9. The Hall–Kier alpha value is -2.14. The van der Waals surface area contributed by atoms with Crippen LogP contribution >= 0.6 is 0 Å². The molecule has 2 unspecified atom stereocenters. The number of aliphatic hydroxyl groups is 1. The molecule has 0 radical (unpaired) electrons. The van der Waals surface area contributed by atoms with Crippen LogP contribution < -0.4 is 5.32 Å². The molecule has 2 rings (SSSR count). The molecule has 2 aromatic rings. The predicted octanol–water partition coefficient (Wildman–Crippen LogP) is 2.46. The van der Waals surface area contributed by atoms with Gasteiger partial charge in [0.25, 0.3) is 5.91 Å². The summed E-state index contributed by atoms with van der Waals surface area (Å²) in [6.07, 6.45) is 6.27. The van der Waals surface area contributed by atoms with E-state index in [2.05, 4.69) is 10.3 Å². The number of carbonyl (C=O) groups excluding carboxylic acids is 1. The van der Waals surface area contributed by atoms with Gasteiger partial charge in [-0.05, 0) is 30.5 Å².